The summed E-state index contributed by atoms with van der Waals surface area (Å²) < 4.78 is 0. The number of carbonyl (C=O) groups excluding carboxylic acids is 1. The molecule has 0 fully saturated rings. The summed E-state index contributed by atoms with van der Waals surface area (Å²) in [5.74, 6) is -0.293. The topological polar surface area (TPSA) is 77.9 Å². The SMILES string of the molecule is [N-]=[N+]=NCCCNC(=O)c1cc(Cl)ccc1Cl. The van der Waals surface area contributed by atoms with E-state index in [1.165, 1.54) is 6.07 Å². The summed E-state index contributed by atoms with van der Waals surface area (Å²) in [6.45, 7) is 0.765. The Balaban J connectivity index is 2.52. The lowest BCUT2D eigenvalue weighted by molar-refractivity contribution is 0.0953. The molecule has 0 spiro atoms. The van der Waals surface area contributed by atoms with Crippen molar-refractivity contribution in [3.8, 4) is 0 Å². The van der Waals surface area contributed by atoms with Gasteiger partial charge in [0, 0.05) is 23.0 Å². The number of halogens is 2. The molecular weight excluding hydrogens is 263 g/mol. The molecule has 0 heterocycles. The van der Waals surface area contributed by atoms with Gasteiger partial charge in [0.2, 0.25) is 0 Å². The molecule has 0 unspecified atom stereocenters. The maximum Gasteiger partial charge on any atom is 0.252 e. The molecule has 0 aromatic heterocycles. The zero-order chi connectivity index (χ0) is 12.7. The van der Waals surface area contributed by atoms with E-state index in [-0.39, 0.29) is 5.91 Å². The molecular formula is C10H10Cl2N4O. The van der Waals surface area contributed by atoms with Crippen molar-refractivity contribution in [3.63, 3.8) is 0 Å². The maximum atomic E-state index is 11.7. The van der Waals surface area contributed by atoms with Crippen LogP contribution in [0.2, 0.25) is 10.0 Å². The predicted molar refractivity (Wildman–Crippen MR) is 67.4 cm³/mol. The van der Waals surface area contributed by atoms with Gasteiger partial charge in [-0.3, -0.25) is 4.79 Å². The van der Waals surface area contributed by atoms with E-state index in [0.29, 0.717) is 35.1 Å². The average Bonchev–Trinajstić information content (AvgIpc) is 2.32. The van der Waals surface area contributed by atoms with E-state index >= 15 is 0 Å². The number of hydrogen-bond acceptors (Lipinski definition) is 2. The summed E-state index contributed by atoms with van der Waals surface area (Å²) in [5.41, 5.74) is 8.39. The first-order chi connectivity index (χ1) is 8.15. The molecule has 17 heavy (non-hydrogen) atoms. The van der Waals surface area contributed by atoms with E-state index in [4.69, 9.17) is 28.7 Å². The van der Waals surface area contributed by atoms with Crippen LogP contribution in [0.25, 0.3) is 10.4 Å². The Bertz CT molecular complexity index is 458. The van der Waals surface area contributed by atoms with Crippen molar-refractivity contribution in [3.05, 3.63) is 44.3 Å². The van der Waals surface area contributed by atoms with Crippen LogP contribution in [0, 0.1) is 0 Å². The normalized spacial score (nSPS) is 9.53. The molecule has 1 amide bonds. The second kappa shape index (κ2) is 7.01. The van der Waals surface area contributed by atoms with Gasteiger partial charge < -0.3 is 5.32 Å². The van der Waals surface area contributed by atoms with E-state index in [0.717, 1.165) is 0 Å². The minimum absolute atomic E-state index is 0.293. The fraction of sp³-hybridized carbons (Fsp3) is 0.300. The standard InChI is InChI=1S/C10H10Cl2N4O/c11-7-2-3-9(12)8(6-7)10(17)14-4-1-5-15-16-13/h2-3,6H,1,4-5H2,(H,14,17). The number of azide groups is 1. The van der Waals surface area contributed by atoms with Crippen LogP contribution < -0.4 is 5.32 Å². The Morgan fingerprint density at radius 3 is 2.94 bits per heavy atom. The zero-order valence-electron chi connectivity index (χ0n) is 8.86. The second-order valence-electron chi connectivity index (χ2n) is 3.19. The van der Waals surface area contributed by atoms with Gasteiger partial charge in [0.15, 0.2) is 0 Å². The number of carbonyl (C=O) groups is 1. The van der Waals surface area contributed by atoms with Crippen LogP contribution >= 0.6 is 23.2 Å². The number of nitrogens with one attached hydrogen (secondary N) is 1. The maximum absolute atomic E-state index is 11.7. The van der Waals surface area contributed by atoms with Gasteiger partial charge >= 0.3 is 0 Å². The fourth-order valence-corrected chi connectivity index (χ4v) is 1.54. The molecule has 1 N–H and O–H groups in total. The average molecular weight is 273 g/mol. The van der Waals surface area contributed by atoms with Crippen LogP contribution in [0.15, 0.2) is 23.3 Å². The van der Waals surface area contributed by atoms with Crippen LogP contribution in [0.5, 0.6) is 0 Å². The van der Waals surface area contributed by atoms with E-state index in [9.17, 15) is 4.79 Å². The molecule has 0 aliphatic heterocycles. The van der Waals surface area contributed by atoms with Gasteiger partial charge in [-0.15, -0.1) is 0 Å². The molecule has 0 atom stereocenters. The van der Waals surface area contributed by atoms with E-state index in [2.05, 4.69) is 15.3 Å². The summed E-state index contributed by atoms with van der Waals surface area (Å²) in [5, 5.41) is 6.82. The summed E-state index contributed by atoms with van der Waals surface area (Å²) in [7, 11) is 0. The van der Waals surface area contributed by atoms with Gasteiger partial charge in [0.1, 0.15) is 0 Å². The molecule has 7 heteroatoms. The molecule has 0 aliphatic rings. The monoisotopic (exact) mass is 272 g/mol. The lowest BCUT2D eigenvalue weighted by atomic mass is 10.2. The molecule has 1 aromatic rings. The number of nitrogens with zero attached hydrogens (tertiary/aromatic N) is 3. The third kappa shape index (κ3) is 4.53. The van der Waals surface area contributed by atoms with Crippen LogP contribution in [0.1, 0.15) is 16.8 Å². The molecule has 1 aromatic carbocycles. The molecule has 1 rings (SSSR count). The van der Waals surface area contributed by atoms with E-state index in [1.54, 1.807) is 12.1 Å². The van der Waals surface area contributed by atoms with Crippen molar-refractivity contribution in [1.82, 2.24) is 5.32 Å². The highest BCUT2D eigenvalue weighted by molar-refractivity contribution is 6.35. The molecule has 0 aliphatic carbocycles. The number of rotatable bonds is 5. The lowest BCUT2D eigenvalue weighted by Gasteiger charge is -2.06. The number of benzene rings is 1. The smallest absolute Gasteiger partial charge is 0.252 e. The van der Waals surface area contributed by atoms with E-state index < -0.39 is 0 Å². The fourth-order valence-electron chi connectivity index (χ4n) is 1.16. The third-order valence-electron chi connectivity index (χ3n) is 1.96. The summed E-state index contributed by atoms with van der Waals surface area (Å²) in [4.78, 5) is 14.3. The molecule has 0 radical (unpaired) electrons. The van der Waals surface area contributed by atoms with Crippen molar-refractivity contribution in [2.24, 2.45) is 5.11 Å². The Kier molecular flexibility index (Phi) is 5.63. The van der Waals surface area contributed by atoms with Gasteiger partial charge in [0.25, 0.3) is 5.91 Å². The highest BCUT2D eigenvalue weighted by Crippen LogP contribution is 2.20. The molecule has 5 nitrogen and oxygen atoms in total. The molecule has 0 saturated carbocycles. The molecule has 0 saturated heterocycles. The number of hydrogen-bond donors (Lipinski definition) is 1. The predicted octanol–water partition coefficient (Wildman–Crippen LogP) is 3.42. The van der Waals surface area contributed by atoms with Crippen molar-refractivity contribution < 1.29 is 4.79 Å². The minimum Gasteiger partial charge on any atom is -0.352 e. The first kappa shape index (κ1) is 13.6. The highest BCUT2D eigenvalue weighted by atomic mass is 35.5. The Hall–Kier alpha value is -1.42. The summed E-state index contributed by atoms with van der Waals surface area (Å²) in [6.07, 6.45) is 0.577. The van der Waals surface area contributed by atoms with Gasteiger partial charge in [-0.2, -0.15) is 0 Å². The van der Waals surface area contributed by atoms with Gasteiger partial charge in [-0.25, -0.2) is 0 Å². The lowest BCUT2D eigenvalue weighted by Crippen LogP contribution is -2.25. The summed E-state index contributed by atoms with van der Waals surface area (Å²) >= 11 is 11.6. The van der Waals surface area contributed by atoms with Crippen LogP contribution in [-0.4, -0.2) is 19.0 Å². The summed E-state index contributed by atoms with van der Waals surface area (Å²) in [6, 6.07) is 4.69. The molecule has 0 bridgehead atoms. The van der Waals surface area contributed by atoms with Crippen molar-refractivity contribution >= 4 is 29.1 Å². The Morgan fingerprint density at radius 2 is 2.24 bits per heavy atom. The largest absolute Gasteiger partial charge is 0.352 e. The van der Waals surface area contributed by atoms with Crippen molar-refractivity contribution in [1.29, 1.82) is 0 Å². The Morgan fingerprint density at radius 1 is 1.47 bits per heavy atom. The van der Waals surface area contributed by atoms with Crippen LogP contribution in [0.3, 0.4) is 0 Å². The zero-order valence-corrected chi connectivity index (χ0v) is 10.4. The van der Waals surface area contributed by atoms with E-state index in [1.807, 2.05) is 0 Å². The van der Waals surface area contributed by atoms with Gasteiger partial charge in [-0.1, -0.05) is 28.3 Å². The third-order valence-corrected chi connectivity index (χ3v) is 2.52. The van der Waals surface area contributed by atoms with Gasteiger partial charge in [0.05, 0.1) is 10.6 Å². The quantitative estimate of drug-likeness (QED) is 0.379. The first-order valence-corrected chi connectivity index (χ1v) is 5.65. The Labute approximate surface area is 108 Å². The van der Waals surface area contributed by atoms with Gasteiger partial charge in [-0.05, 0) is 30.2 Å². The van der Waals surface area contributed by atoms with Crippen molar-refractivity contribution in [2.45, 2.75) is 6.42 Å². The van der Waals surface area contributed by atoms with Crippen molar-refractivity contribution in [2.75, 3.05) is 13.1 Å². The van der Waals surface area contributed by atoms with Crippen LogP contribution in [0.4, 0.5) is 0 Å². The minimum atomic E-state index is -0.293. The van der Waals surface area contributed by atoms with Crippen LogP contribution in [-0.2, 0) is 0 Å². The number of amides is 1. The molecule has 90 valence electrons. The highest BCUT2D eigenvalue weighted by Gasteiger charge is 2.09. The second-order valence-corrected chi connectivity index (χ2v) is 4.03. The first-order valence-electron chi connectivity index (χ1n) is 4.89.